The van der Waals surface area contributed by atoms with Crippen LogP contribution >= 0.6 is 0 Å². The summed E-state index contributed by atoms with van der Waals surface area (Å²) in [4.78, 5) is 14.2. The molecule has 0 saturated heterocycles. The summed E-state index contributed by atoms with van der Waals surface area (Å²) in [5.74, 6) is -1.02. The van der Waals surface area contributed by atoms with E-state index in [0.29, 0.717) is 6.54 Å². The molecule has 1 aromatic heterocycles. The number of hydrogen-bond acceptors (Lipinski definition) is 3. The maximum absolute atomic E-state index is 10.5. The van der Waals surface area contributed by atoms with Gasteiger partial charge in [-0.25, -0.2) is 9.78 Å². The van der Waals surface area contributed by atoms with Crippen molar-refractivity contribution in [3.63, 3.8) is 0 Å². The molecule has 0 fully saturated rings. The molecule has 0 atom stereocenters. The maximum atomic E-state index is 10.5. The molecule has 0 aliphatic rings. The molecular weight excluding hydrogens is 180 g/mol. The number of carbonyl (C=O) groups is 1. The third-order valence-corrected chi connectivity index (χ3v) is 1.58. The number of aromatic carboxylic acids is 1. The van der Waals surface area contributed by atoms with Crippen LogP contribution < -0.4 is 5.32 Å². The number of nitrogens with one attached hydrogen (secondary N) is 1. The van der Waals surface area contributed by atoms with Crippen LogP contribution in [0.4, 0.5) is 5.69 Å². The lowest BCUT2D eigenvalue weighted by molar-refractivity contribution is 0.0690. The van der Waals surface area contributed by atoms with Gasteiger partial charge in [-0.15, -0.1) is 0 Å². The Morgan fingerprint density at radius 3 is 2.79 bits per heavy atom. The fourth-order valence-electron chi connectivity index (χ4n) is 0.878. The van der Waals surface area contributed by atoms with Crippen molar-refractivity contribution >= 4 is 11.7 Å². The average Bonchev–Trinajstić information content (AvgIpc) is 2.15. The van der Waals surface area contributed by atoms with E-state index in [4.69, 9.17) is 5.11 Å². The van der Waals surface area contributed by atoms with E-state index in [1.807, 2.05) is 6.92 Å². The van der Waals surface area contributed by atoms with Gasteiger partial charge in [0.05, 0.1) is 11.9 Å². The monoisotopic (exact) mass is 192 g/mol. The zero-order valence-corrected chi connectivity index (χ0v) is 7.95. The lowest BCUT2D eigenvalue weighted by atomic mass is 10.3. The van der Waals surface area contributed by atoms with E-state index >= 15 is 0 Å². The van der Waals surface area contributed by atoms with Gasteiger partial charge in [-0.3, -0.25) is 0 Å². The number of rotatable bonds is 4. The SMILES string of the molecule is C=C(C)CNc1ccc(C(=O)O)nc1. The number of carboxylic acids is 1. The van der Waals surface area contributed by atoms with E-state index < -0.39 is 5.97 Å². The molecule has 2 N–H and O–H groups in total. The second kappa shape index (κ2) is 4.41. The Labute approximate surface area is 82.3 Å². The summed E-state index contributed by atoms with van der Waals surface area (Å²) >= 11 is 0. The normalized spacial score (nSPS) is 9.50. The minimum absolute atomic E-state index is 0.0471. The van der Waals surface area contributed by atoms with Gasteiger partial charge in [0, 0.05) is 6.54 Å². The molecule has 0 aliphatic heterocycles. The van der Waals surface area contributed by atoms with E-state index in [0.717, 1.165) is 11.3 Å². The summed E-state index contributed by atoms with van der Waals surface area (Å²) in [5.41, 5.74) is 1.84. The van der Waals surface area contributed by atoms with Gasteiger partial charge in [-0.2, -0.15) is 0 Å². The van der Waals surface area contributed by atoms with Crippen molar-refractivity contribution < 1.29 is 9.90 Å². The Kier molecular flexibility index (Phi) is 3.23. The van der Waals surface area contributed by atoms with Crippen molar-refractivity contribution in [1.29, 1.82) is 0 Å². The standard InChI is InChI=1S/C10H12N2O2/c1-7(2)5-11-8-3-4-9(10(13)14)12-6-8/h3-4,6,11H,1,5H2,2H3,(H,13,14). The van der Waals surface area contributed by atoms with E-state index in [2.05, 4.69) is 16.9 Å². The van der Waals surface area contributed by atoms with Crippen molar-refractivity contribution in [2.45, 2.75) is 6.92 Å². The molecule has 0 saturated carbocycles. The van der Waals surface area contributed by atoms with Crippen LogP contribution in [0.25, 0.3) is 0 Å². The molecule has 1 rings (SSSR count). The van der Waals surface area contributed by atoms with Crippen molar-refractivity contribution in [2.24, 2.45) is 0 Å². The summed E-state index contributed by atoms with van der Waals surface area (Å²) in [5, 5.41) is 11.7. The summed E-state index contributed by atoms with van der Waals surface area (Å²) in [7, 11) is 0. The zero-order chi connectivity index (χ0) is 10.6. The molecule has 0 bridgehead atoms. The fourth-order valence-corrected chi connectivity index (χ4v) is 0.878. The molecule has 1 heterocycles. The highest BCUT2D eigenvalue weighted by atomic mass is 16.4. The highest BCUT2D eigenvalue weighted by Gasteiger charge is 2.02. The molecule has 0 radical (unpaired) electrons. The Bertz CT molecular complexity index is 344. The molecule has 0 amide bonds. The van der Waals surface area contributed by atoms with E-state index in [1.54, 1.807) is 6.07 Å². The van der Waals surface area contributed by atoms with E-state index in [9.17, 15) is 4.79 Å². The van der Waals surface area contributed by atoms with Crippen LogP contribution in [0, 0.1) is 0 Å². The smallest absolute Gasteiger partial charge is 0.354 e. The van der Waals surface area contributed by atoms with Gasteiger partial charge in [0.2, 0.25) is 0 Å². The third kappa shape index (κ3) is 2.90. The molecule has 0 spiro atoms. The third-order valence-electron chi connectivity index (χ3n) is 1.58. The van der Waals surface area contributed by atoms with Crippen LogP contribution in [0.2, 0.25) is 0 Å². The minimum atomic E-state index is -1.02. The van der Waals surface area contributed by atoms with Crippen molar-refractivity contribution in [3.8, 4) is 0 Å². The van der Waals surface area contributed by atoms with Crippen LogP contribution in [-0.4, -0.2) is 22.6 Å². The maximum Gasteiger partial charge on any atom is 0.354 e. The van der Waals surface area contributed by atoms with Crippen LogP contribution in [0.15, 0.2) is 30.5 Å². The predicted molar refractivity (Wildman–Crippen MR) is 54.5 cm³/mol. The topological polar surface area (TPSA) is 62.2 Å². The summed E-state index contributed by atoms with van der Waals surface area (Å²) in [6, 6.07) is 3.14. The number of hydrogen-bond donors (Lipinski definition) is 2. The van der Waals surface area contributed by atoms with Crippen molar-refractivity contribution in [2.75, 3.05) is 11.9 Å². The van der Waals surface area contributed by atoms with Crippen LogP contribution in [0.1, 0.15) is 17.4 Å². The molecule has 0 aromatic carbocycles. The highest BCUT2D eigenvalue weighted by Crippen LogP contribution is 2.06. The Balaban J connectivity index is 2.64. The van der Waals surface area contributed by atoms with Crippen LogP contribution in [-0.2, 0) is 0 Å². The van der Waals surface area contributed by atoms with Gasteiger partial charge in [0.1, 0.15) is 5.69 Å². The largest absolute Gasteiger partial charge is 0.477 e. The quantitative estimate of drug-likeness (QED) is 0.713. The Hall–Kier alpha value is -1.84. The number of pyridine rings is 1. The molecule has 0 aliphatic carbocycles. The average molecular weight is 192 g/mol. The molecule has 14 heavy (non-hydrogen) atoms. The van der Waals surface area contributed by atoms with Crippen LogP contribution in [0.5, 0.6) is 0 Å². The van der Waals surface area contributed by atoms with Crippen LogP contribution in [0.3, 0.4) is 0 Å². The lowest BCUT2D eigenvalue weighted by Crippen LogP contribution is -2.04. The predicted octanol–water partition coefficient (Wildman–Crippen LogP) is 1.77. The molecule has 1 aromatic rings. The number of aromatic nitrogens is 1. The second-order valence-corrected chi connectivity index (χ2v) is 3.05. The molecular formula is C10H12N2O2. The van der Waals surface area contributed by atoms with E-state index in [1.165, 1.54) is 12.3 Å². The fraction of sp³-hybridized carbons (Fsp3) is 0.200. The van der Waals surface area contributed by atoms with Gasteiger partial charge in [-0.1, -0.05) is 12.2 Å². The van der Waals surface area contributed by atoms with Gasteiger partial charge in [0.25, 0.3) is 0 Å². The summed E-state index contributed by atoms with van der Waals surface area (Å²) in [6.45, 7) is 6.31. The number of anilines is 1. The lowest BCUT2D eigenvalue weighted by Gasteiger charge is -2.04. The summed E-state index contributed by atoms with van der Waals surface area (Å²) in [6.07, 6.45) is 1.49. The first-order valence-electron chi connectivity index (χ1n) is 4.17. The van der Waals surface area contributed by atoms with Crippen molar-refractivity contribution in [3.05, 3.63) is 36.2 Å². The molecule has 74 valence electrons. The molecule has 0 unspecified atom stereocenters. The molecule has 4 heteroatoms. The molecule has 4 nitrogen and oxygen atoms in total. The first-order valence-corrected chi connectivity index (χ1v) is 4.17. The van der Waals surface area contributed by atoms with Gasteiger partial charge < -0.3 is 10.4 Å². The van der Waals surface area contributed by atoms with Crippen molar-refractivity contribution in [1.82, 2.24) is 4.98 Å². The van der Waals surface area contributed by atoms with Gasteiger partial charge in [0.15, 0.2) is 0 Å². The Morgan fingerprint density at radius 2 is 2.36 bits per heavy atom. The summed E-state index contributed by atoms with van der Waals surface area (Å²) < 4.78 is 0. The number of nitrogens with zero attached hydrogens (tertiary/aromatic N) is 1. The second-order valence-electron chi connectivity index (χ2n) is 3.05. The van der Waals surface area contributed by atoms with E-state index in [-0.39, 0.29) is 5.69 Å². The first-order chi connectivity index (χ1) is 6.59. The highest BCUT2D eigenvalue weighted by molar-refractivity contribution is 5.85. The zero-order valence-electron chi connectivity index (χ0n) is 7.95. The first kappa shape index (κ1) is 10.2. The van der Waals surface area contributed by atoms with Gasteiger partial charge >= 0.3 is 5.97 Å². The van der Waals surface area contributed by atoms with Gasteiger partial charge in [-0.05, 0) is 19.1 Å². The minimum Gasteiger partial charge on any atom is -0.477 e. The Morgan fingerprint density at radius 1 is 1.64 bits per heavy atom. The number of carboxylic acid groups (broad SMARTS) is 1.